The summed E-state index contributed by atoms with van der Waals surface area (Å²) in [7, 11) is 0. The first-order valence-electron chi connectivity index (χ1n) is 3.61. The van der Waals surface area contributed by atoms with E-state index in [2.05, 4.69) is 15.9 Å². The smallest absolute Gasteiger partial charge is 0.258 e. The van der Waals surface area contributed by atoms with Crippen molar-refractivity contribution in [1.82, 2.24) is 0 Å². The van der Waals surface area contributed by atoms with Gasteiger partial charge in [0.05, 0.1) is 12.3 Å². The number of halogens is 2. The number of nitro groups is 1. The van der Waals surface area contributed by atoms with E-state index in [1.807, 2.05) is 34.7 Å². The molecule has 0 aliphatic heterocycles. The fourth-order valence-electron chi connectivity index (χ4n) is 1.16. The third-order valence-corrected chi connectivity index (χ3v) is 4.22. The number of hydrogen-bond donors (Lipinski definition) is 0. The molecule has 0 aliphatic carbocycles. The average molecular weight is 384 g/mol. The molecule has 0 aliphatic rings. The molecule has 1 heterocycles. The van der Waals surface area contributed by atoms with Crippen LogP contribution in [0.4, 0.5) is 5.69 Å². The van der Waals surface area contributed by atoms with Crippen molar-refractivity contribution in [3.63, 3.8) is 0 Å². The van der Waals surface area contributed by atoms with E-state index in [1.165, 1.54) is 0 Å². The summed E-state index contributed by atoms with van der Waals surface area (Å²) in [5, 5.41) is 11.6. The molecular weight excluding hydrogens is 381 g/mol. The van der Waals surface area contributed by atoms with Crippen LogP contribution in [0.3, 0.4) is 0 Å². The van der Waals surface area contributed by atoms with E-state index in [0.717, 1.165) is 13.9 Å². The molecule has 0 atom stereocenters. The molecule has 14 heavy (non-hydrogen) atoms. The van der Waals surface area contributed by atoms with Gasteiger partial charge in [-0.15, -0.1) is 11.3 Å². The molecule has 0 saturated heterocycles. The fraction of sp³-hybridized carbons (Fsp3) is 0. The Bertz CT molecular complexity index is 525. The fourth-order valence-corrected chi connectivity index (χ4v) is 3.61. The Hall–Kier alpha value is -0.210. The first-order valence-corrected chi connectivity index (χ1v) is 6.30. The van der Waals surface area contributed by atoms with Gasteiger partial charge in [-0.2, -0.15) is 0 Å². The largest absolute Gasteiger partial charge is 0.283 e. The Labute approximate surface area is 106 Å². The predicted octanol–water partition coefficient (Wildman–Crippen LogP) is 4.18. The van der Waals surface area contributed by atoms with E-state index in [-0.39, 0.29) is 10.6 Å². The molecule has 6 heteroatoms. The highest BCUT2D eigenvalue weighted by atomic mass is 127. The van der Waals surface area contributed by atoms with Crippen LogP contribution in [-0.4, -0.2) is 4.92 Å². The SMILES string of the molecule is O=[N+]([O-])c1cc2cc(Br)sc2cc1I. The van der Waals surface area contributed by atoms with Crippen molar-refractivity contribution in [2.75, 3.05) is 0 Å². The van der Waals surface area contributed by atoms with Gasteiger partial charge in [-0.1, -0.05) is 0 Å². The Morgan fingerprint density at radius 3 is 2.79 bits per heavy atom. The van der Waals surface area contributed by atoms with Gasteiger partial charge in [0.25, 0.3) is 5.69 Å². The van der Waals surface area contributed by atoms with Crippen molar-refractivity contribution in [3.8, 4) is 0 Å². The van der Waals surface area contributed by atoms with Gasteiger partial charge < -0.3 is 0 Å². The molecular formula is C8H3BrINO2S. The zero-order valence-corrected chi connectivity index (χ0v) is 11.2. The van der Waals surface area contributed by atoms with Gasteiger partial charge in [0.15, 0.2) is 0 Å². The summed E-state index contributed by atoms with van der Waals surface area (Å²) in [5.41, 5.74) is 0.170. The maximum Gasteiger partial charge on any atom is 0.283 e. The summed E-state index contributed by atoms with van der Waals surface area (Å²) in [6.45, 7) is 0. The summed E-state index contributed by atoms with van der Waals surface area (Å²) < 4.78 is 2.73. The monoisotopic (exact) mass is 383 g/mol. The minimum atomic E-state index is -0.354. The van der Waals surface area contributed by atoms with Gasteiger partial charge in [0.1, 0.15) is 0 Å². The van der Waals surface area contributed by atoms with E-state index in [4.69, 9.17) is 0 Å². The topological polar surface area (TPSA) is 43.1 Å². The Morgan fingerprint density at radius 2 is 2.14 bits per heavy atom. The summed E-state index contributed by atoms with van der Waals surface area (Å²) >= 11 is 6.92. The van der Waals surface area contributed by atoms with Crippen molar-refractivity contribution in [1.29, 1.82) is 0 Å². The van der Waals surface area contributed by atoms with Gasteiger partial charge in [0.2, 0.25) is 0 Å². The van der Waals surface area contributed by atoms with Gasteiger partial charge >= 0.3 is 0 Å². The van der Waals surface area contributed by atoms with Gasteiger partial charge in [-0.25, -0.2) is 0 Å². The predicted molar refractivity (Wildman–Crippen MR) is 68.9 cm³/mol. The van der Waals surface area contributed by atoms with Crippen LogP contribution in [-0.2, 0) is 0 Å². The molecule has 0 spiro atoms. The Morgan fingerprint density at radius 1 is 1.43 bits per heavy atom. The molecule has 0 saturated carbocycles. The first-order chi connectivity index (χ1) is 6.58. The van der Waals surface area contributed by atoms with Crippen LogP contribution in [0.25, 0.3) is 10.1 Å². The highest BCUT2D eigenvalue weighted by molar-refractivity contribution is 14.1. The molecule has 0 bridgehead atoms. The normalized spacial score (nSPS) is 10.7. The molecule has 1 aromatic heterocycles. The van der Waals surface area contributed by atoms with Crippen LogP contribution < -0.4 is 0 Å². The number of nitrogens with zero attached hydrogens (tertiary/aromatic N) is 1. The molecule has 2 aromatic rings. The Balaban J connectivity index is 2.76. The number of benzene rings is 1. The van der Waals surface area contributed by atoms with Crippen molar-refractivity contribution in [2.24, 2.45) is 0 Å². The molecule has 72 valence electrons. The third-order valence-electron chi connectivity index (χ3n) is 1.75. The maximum absolute atomic E-state index is 10.7. The lowest BCUT2D eigenvalue weighted by Gasteiger charge is -1.94. The lowest BCUT2D eigenvalue weighted by Crippen LogP contribution is -1.90. The minimum Gasteiger partial charge on any atom is -0.258 e. The lowest BCUT2D eigenvalue weighted by atomic mass is 10.2. The average Bonchev–Trinajstić information content (AvgIpc) is 2.42. The number of thiophene rings is 1. The van der Waals surface area contributed by atoms with Crippen LogP contribution in [0, 0.1) is 13.7 Å². The van der Waals surface area contributed by atoms with Crippen LogP contribution >= 0.6 is 49.9 Å². The zero-order chi connectivity index (χ0) is 10.3. The van der Waals surface area contributed by atoms with Crippen molar-refractivity contribution in [2.45, 2.75) is 0 Å². The van der Waals surface area contributed by atoms with Gasteiger partial charge in [0, 0.05) is 16.2 Å². The molecule has 0 N–H and O–H groups in total. The molecule has 0 radical (unpaired) electrons. The van der Waals surface area contributed by atoms with Crippen LogP contribution in [0.5, 0.6) is 0 Å². The van der Waals surface area contributed by atoms with E-state index in [9.17, 15) is 10.1 Å². The maximum atomic E-state index is 10.7. The van der Waals surface area contributed by atoms with E-state index in [1.54, 1.807) is 17.4 Å². The highest BCUT2D eigenvalue weighted by Crippen LogP contribution is 2.34. The van der Waals surface area contributed by atoms with E-state index < -0.39 is 0 Å². The van der Waals surface area contributed by atoms with Crippen LogP contribution in [0.2, 0.25) is 0 Å². The number of nitro benzene ring substituents is 1. The second kappa shape index (κ2) is 3.74. The highest BCUT2D eigenvalue weighted by Gasteiger charge is 2.13. The summed E-state index contributed by atoms with van der Waals surface area (Å²) in [6, 6.07) is 5.34. The van der Waals surface area contributed by atoms with E-state index in [0.29, 0.717) is 3.57 Å². The minimum absolute atomic E-state index is 0.170. The molecule has 0 fully saturated rings. The Kier molecular flexibility index (Phi) is 2.76. The van der Waals surface area contributed by atoms with Crippen LogP contribution in [0.1, 0.15) is 0 Å². The lowest BCUT2D eigenvalue weighted by molar-refractivity contribution is -0.385. The number of fused-ring (bicyclic) bond motifs is 1. The van der Waals surface area contributed by atoms with Crippen LogP contribution in [0.15, 0.2) is 22.0 Å². The van der Waals surface area contributed by atoms with Crippen molar-refractivity contribution in [3.05, 3.63) is 35.7 Å². The van der Waals surface area contributed by atoms with Gasteiger partial charge in [-0.3, -0.25) is 10.1 Å². The zero-order valence-electron chi connectivity index (χ0n) is 6.66. The van der Waals surface area contributed by atoms with Crippen molar-refractivity contribution < 1.29 is 4.92 Å². The molecule has 0 unspecified atom stereocenters. The van der Waals surface area contributed by atoms with E-state index >= 15 is 0 Å². The third kappa shape index (κ3) is 1.78. The molecule has 1 aromatic carbocycles. The quantitative estimate of drug-likeness (QED) is 0.421. The molecule has 2 rings (SSSR count). The second-order valence-electron chi connectivity index (χ2n) is 2.65. The number of rotatable bonds is 1. The number of hydrogen-bond acceptors (Lipinski definition) is 3. The summed E-state index contributed by atoms with van der Waals surface area (Å²) in [5.74, 6) is 0. The first kappa shape index (κ1) is 10.3. The molecule has 0 amide bonds. The standard InChI is InChI=1S/C8H3BrINO2S/c9-8-2-4-1-6(11(12)13)5(10)3-7(4)14-8/h1-3H. The summed E-state index contributed by atoms with van der Waals surface area (Å²) in [4.78, 5) is 10.3. The van der Waals surface area contributed by atoms with Gasteiger partial charge in [-0.05, 0) is 50.7 Å². The second-order valence-corrected chi connectivity index (χ2v) is 6.27. The van der Waals surface area contributed by atoms with Crippen molar-refractivity contribution >= 4 is 65.6 Å². The molecule has 3 nitrogen and oxygen atoms in total. The summed E-state index contributed by atoms with van der Waals surface area (Å²) in [6.07, 6.45) is 0.